The quantitative estimate of drug-likeness (QED) is 0.0644. The van der Waals surface area contributed by atoms with Gasteiger partial charge in [-0.2, -0.15) is 15.8 Å². The van der Waals surface area contributed by atoms with Gasteiger partial charge in [0.15, 0.2) is 17.5 Å². The van der Waals surface area contributed by atoms with Crippen molar-refractivity contribution < 1.29 is 36.3 Å². The van der Waals surface area contributed by atoms with Crippen LogP contribution in [0.15, 0.2) is 229 Å². The Balaban J connectivity index is 0.000000178. The Bertz CT molecular complexity index is 5910. The number of aromatic nitrogens is 11. The van der Waals surface area contributed by atoms with E-state index in [1.54, 1.807) is 109 Å². The van der Waals surface area contributed by atoms with E-state index in [-0.39, 0.29) is 75.3 Å². The van der Waals surface area contributed by atoms with Crippen LogP contribution in [-0.4, -0.2) is 86.7 Å². The van der Waals surface area contributed by atoms with Gasteiger partial charge in [0, 0.05) is 69.4 Å². The lowest BCUT2D eigenvalue weighted by atomic mass is 10.1. The van der Waals surface area contributed by atoms with E-state index in [0.717, 1.165) is 67.3 Å². The van der Waals surface area contributed by atoms with Crippen LogP contribution in [0.25, 0.3) is 27.5 Å². The van der Waals surface area contributed by atoms with Gasteiger partial charge in [0.05, 0.1) is 78.2 Å². The fourth-order valence-electron chi connectivity index (χ4n) is 12.4. The van der Waals surface area contributed by atoms with E-state index in [4.69, 9.17) is 15.8 Å². The van der Waals surface area contributed by atoms with E-state index in [9.17, 15) is 36.3 Å². The van der Waals surface area contributed by atoms with Crippen molar-refractivity contribution in [1.29, 1.82) is 15.8 Å². The van der Waals surface area contributed by atoms with Gasteiger partial charge in [-0.1, -0.05) is 128 Å². The van der Waals surface area contributed by atoms with Crippen LogP contribution >= 0.6 is 15.9 Å². The molecule has 0 N–H and O–H groups in total. The summed E-state index contributed by atoms with van der Waals surface area (Å²) in [5, 5.41) is 54.4. The number of pyridine rings is 2. The van der Waals surface area contributed by atoms with Gasteiger partial charge in [-0.15, -0.1) is 30.6 Å². The number of halogens is 6. The van der Waals surface area contributed by atoms with E-state index in [1.165, 1.54) is 34.1 Å². The Hall–Kier alpha value is -13.8. The minimum atomic E-state index is -0.756. The summed E-state index contributed by atoms with van der Waals surface area (Å²) < 4.78 is 76.5. The summed E-state index contributed by atoms with van der Waals surface area (Å²) in [7, 11) is 0. The fourth-order valence-corrected chi connectivity index (χ4v) is 12.7. The highest BCUT2D eigenvalue weighted by Gasteiger charge is 2.31. The Kier molecular flexibility index (Phi) is 26.8. The zero-order valence-electron chi connectivity index (χ0n) is 60.5. The average molecular weight is 1580 g/mol. The Morgan fingerprint density at radius 1 is 0.469 bits per heavy atom. The van der Waals surface area contributed by atoms with Crippen LogP contribution in [-0.2, 0) is 45.8 Å². The molecular formula is C87H75BrF5N17O3. The maximum atomic E-state index is 14.7. The van der Waals surface area contributed by atoms with Gasteiger partial charge in [-0.25, -0.2) is 31.9 Å². The molecule has 0 saturated heterocycles. The first kappa shape index (κ1) is 81.7. The van der Waals surface area contributed by atoms with Gasteiger partial charge >= 0.3 is 0 Å². The molecule has 5 aromatic heterocycles. The fraction of sp³-hybridized carbons (Fsp3) is 0.172. The molecule has 0 spiro atoms. The summed E-state index contributed by atoms with van der Waals surface area (Å²) in [4.78, 5) is 54.9. The van der Waals surface area contributed by atoms with Crippen LogP contribution < -0.4 is 0 Å². The first-order valence-corrected chi connectivity index (χ1v) is 35.6. The van der Waals surface area contributed by atoms with Crippen LogP contribution in [0.1, 0.15) is 144 Å². The molecule has 0 aliphatic rings. The van der Waals surface area contributed by atoms with Crippen molar-refractivity contribution in [1.82, 2.24) is 69.0 Å². The predicted molar refractivity (Wildman–Crippen MR) is 421 cm³/mol. The number of hydrogen-bond donors (Lipinski definition) is 0. The highest BCUT2D eigenvalue weighted by atomic mass is 79.9. The van der Waals surface area contributed by atoms with Crippen LogP contribution in [0, 0.1) is 90.8 Å². The van der Waals surface area contributed by atoms with Crippen molar-refractivity contribution >= 4 is 55.5 Å². The van der Waals surface area contributed by atoms with Crippen molar-refractivity contribution in [3.8, 4) is 23.9 Å². The molecule has 0 radical (unpaired) electrons. The number of carbonyl (C=O) groups excluding carboxylic acids is 3. The van der Waals surface area contributed by atoms with Crippen molar-refractivity contribution in [3.05, 3.63) is 360 Å². The van der Waals surface area contributed by atoms with E-state index in [1.807, 2.05) is 121 Å². The summed E-state index contributed by atoms with van der Waals surface area (Å²) in [5.74, 6) is -1.49. The molecule has 3 amide bonds. The molecular weight excluding hydrogens is 1510 g/mol. The predicted octanol–water partition coefficient (Wildman–Crippen LogP) is 17.7. The monoisotopic (exact) mass is 1580 g/mol. The maximum absolute atomic E-state index is 14.7. The molecule has 113 heavy (non-hydrogen) atoms. The number of fused-ring (bicyclic) bond motifs is 2. The van der Waals surface area contributed by atoms with Gasteiger partial charge in [-0.3, -0.25) is 19.0 Å². The molecule has 0 aliphatic carbocycles. The molecule has 20 nitrogen and oxygen atoms in total. The molecule has 1 unspecified atom stereocenters. The largest absolute Gasteiger partial charge is 0.327 e. The number of aryl methyl sites for hydroxylation is 4. The van der Waals surface area contributed by atoms with Crippen molar-refractivity contribution in [2.75, 3.05) is 0 Å². The van der Waals surface area contributed by atoms with E-state index < -0.39 is 41.1 Å². The highest BCUT2D eigenvalue weighted by Crippen LogP contribution is 2.29. The average Bonchev–Trinajstić information content (AvgIpc) is 1.74. The van der Waals surface area contributed by atoms with Crippen molar-refractivity contribution in [2.24, 2.45) is 0 Å². The second-order valence-electron chi connectivity index (χ2n) is 26.1. The number of benzene rings is 9. The number of hydrogen-bond acceptors (Lipinski definition) is 14. The summed E-state index contributed by atoms with van der Waals surface area (Å²) in [5.41, 5.74) is 9.31. The van der Waals surface area contributed by atoms with Gasteiger partial charge < -0.3 is 23.8 Å². The lowest BCUT2D eigenvalue weighted by molar-refractivity contribution is 0.0653. The van der Waals surface area contributed by atoms with Gasteiger partial charge in [-0.05, 0) is 172 Å². The van der Waals surface area contributed by atoms with E-state index >= 15 is 0 Å². The topological polar surface area (TPSA) is 250 Å². The van der Waals surface area contributed by atoms with Crippen molar-refractivity contribution in [3.63, 3.8) is 0 Å². The Morgan fingerprint density at radius 2 is 0.965 bits per heavy atom. The molecule has 5 heterocycles. The zero-order valence-corrected chi connectivity index (χ0v) is 62.1. The van der Waals surface area contributed by atoms with Gasteiger partial charge in [0.1, 0.15) is 58.5 Å². The summed E-state index contributed by atoms with van der Waals surface area (Å²) in [6.07, 6.45) is 1.63. The Morgan fingerprint density at radius 3 is 1.53 bits per heavy atom. The smallest absolute Gasteiger partial charge is 0.273 e. The third-order valence-electron chi connectivity index (χ3n) is 18.5. The van der Waals surface area contributed by atoms with Gasteiger partial charge in [0.25, 0.3) is 17.7 Å². The third kappa shape index (κ3) is 19.8. The lowest BCUT2D eigenvalue weighted by Gasteiger charge is -2.29. The van der Waals surface area contributed by atoms with Crippen LogP contribution in [0.5, 0.6) is 0 Å². The summed E-state index contributed by atoms with van der Waals surface area (Å²) >= 11 is 3.46. The number of rotatable bonds is 20. The van der Waals surface area contributed by atoms with Crippen molar-refractivity contribution in [2.45, 2.75) is 101 Å². The highest BCUT2D eigenvalue weighted by molar-refractivity contribution is 9.10. The minimum absolute atomic E-state index is 0. The zero-order chi connectivity index (χ0) is 78.4. The second-order valence-corrected chi connectivity index (χ2v) is 27.0. The molecule has 0 bridgehead atoms. The summed E-state index contributed by atoms with van der Waals surface area (Å²) in [6.45, 7) is 10.2. The molecule has 1 atom stereocenters. The van der Waals surface area contributed by atoms with Gasteiger partial charge in [0.2, 0.25) is 0 Å². The normalized spacial score (nSPS) is 10.9. The van der Waals surface area contributed by atoms with Crippen LogP contribution in [0.2, 0.25) is 0 Å². The van der Waals surface area contributed by atoms with E-state index in [2.05, 4.69) is 74.7 Å². The molecule has 14 rings (SSSR count). The lowest BCUT2D eigenvalue weighted by Crippen LogP contribution is -2.35. The number of nitrogens with zero attached hydrogens (tertiary/aromatic N) is 17. The Labute approximate surface area is 658 Å². The molecule has 26 heteroatoms. The third-order valence-corrected chi connectivity index (χ3v) is 19.0. The SMILES string of the molecule is C.C.Cc1cc(F)ccc1CN(Cc1nncn1Cc1ccc(C#N)cc1)C(=O)c1cc(Br)ccc1C.Cc1nnc(C(C)N(Cc2ccc(F)cc2F)C(=O)c2ccc3ccccc3n2)n1Cc1ccc(C#N)cc1.Cc1nnc(CN(Cc2ccc(F)cc2F)C(=O)c2ccc3ccccc3n2)n1-c1ccc(C#N)cc1. The molecule has 0 aliphatic heterocycles. The number of amides is 3. The first-order valence-electron chi connectivity index (χ1n) is 34.8. The number of carbonyl (C=O) groups is 3. The molecule has 0 fully saturated rings. The molecule has 14 aromatic rings. The standard InChI is InChI=1S/C30H24F2N6O.C28H20F2N6O.C27H23BrFN5O.2CH4/c1-19(29-36-35-20(2)38(29)17-22-9-7-21(16-33)8-10-22)37(18-24-11-13-25(31)15-26(24)32)30(39)28-14-12-23-5-3-4-6-27(23)34-28;1-18-33-34-27(36(18)23-11-6-19(15-31)7-12-23)17-35(16-21-8-10-22(29)14-24(21)30)28(37)26-13-9-20-4-2-3-5-25(20)32-26;1-18-3-9-23(28)12-25(18)27(35)33(15-22-8-10-24(29)11-19(22)2)16-26-32-31-17-34(26)14-21-6-4-20(13-30)5-7-21;;/h3-15,19H,17-18H2,1-2H3;2-14H,16-17H2,1H3;3-12,17H,14-16H2,1-2H3;2*1H4. The molecule has 0 saturated carbocycles. The summed E-state index contributed by atoms with van der Waals surface area (Å²) in [6, 6.07) is 65.5. The first-order chi connectivity index (χ1) is 53.6. The van der Waals surface area contributed by atoms with Crippen LogP contribution in [0.3, 0.4) is 0 Å². The number of para-hydroxylation sites is 2. The maximum Gasteiger partial charge on any atom is 0.273 e. The van der Waals surface area contributed by atoms with Crippen LogP contribution in [0.4, 0.5) is 22.0 Å². The number of nitriles is 3. The minimum Gasteiger partial charge on any atom is -0.327 e. The molecule has 9 aromatic carbocycles. The second kappa shape index (κ2) is 37.1. The molecule has 568 valence electrons. The van der Waals surface area contributed by atoms with E-state index in [0.29, 0.717) is 87.7 Å².